The summed E-state index contributed by atoms with van der Waals surface area (Å²) in [6, 6.07) is 7.58. The van der Waals surface area contributed by atoms with E-state index in [-0.39, 0.29) is 18.2 Å². The first-order valence-electron chi connectivity index (χ1n) is 9.38. The van der Waals surface area contributed by atoms with E-state index in [4.69, 9.17) is 11.6 Å². The Kier molecular flexibility index (Phi) is 6.50. The highest BCUT2D eigenvalue weighted by atomic mass is 35.5. The highest BCUT2D eigenvalue weighted by molar-refractivity contribution is 6.31. The molecule has 1 aromatic carbocycles. The minimum atomic E-state index is -0.115. The number of hydrogen-bond acceptors (Lipinski definition) is 3. The number of rotatable bonds is 6. The van der Waals surface area contributed by atoms with Crippen molar-refractivity contribution >= 4 is 29.2 Å². The van der Waals surface area contributed by atoms with E-state index in [0.717, 1.165) is 36.9 Å². The third-order valence-corrected chi connectivity index (χ3v) is 5.21. The SMILES string of the molecule is Cc1cnn(Cc2ccccc2Cl)c1NC(=O)CCN1CCCCCC1=O. The summed E-state index contributed by atoms with van der Waals surface area (Å²) in [5, 5.41) is 7.98. The molecule has 1 aliphatic rings. The second-order valence-electron chi connectivity index (χ2n) is 6.91. The van der Waals surface area contributed by atoms with E-state index in [9.17, 15) is 9.59 Å². The van der Waals surface area contributed by atoms with Crippen LogP contribution in [0.1, 0.15) is 43.2 Å². The minimum Gasteiger partial charge on any atom is -0.342 e. The van der Waals surface area contributed by atoms with Crippen LogP contribution >= 0.6 is 11.6 Å². The molecule has 1 aliphatic heterocycles. The van der Waals surface area contributed by atoms with Crippen molar-refractivity contribution in [2.45, 2.75) is 45.6 Å². The van der Waals surface area contributed by atoms with Gasteiger partial charge in [0.15, 0.2) is 0 Å². The van der Waals surface area contributed by atoms with Gasteiger partial charge in [0.1, 0.15) is 5.82 Å². The van der Waals surface area contributed by atoms with Crippen molar-refractivity contribution in [3.8, 4) is 0 Å². The number of hydrogen-bond donors (Lipinski definition) is 1. The lowest BCUT2D eigenvalue weighted by atomic mass is 10.2. The average Bonchev–Trinajstić information content (AvgIpc) is 2.85. The van der Waals surface area contributed by atoms with Crippen LogP contribution in [0.3, 0.4) is 0 Å². The average molecular weight is 389 g/mol. The van der Waals surface area contributed by atoms with Crippen LogP contribution in [0.15, 0.2) is 30.5 Å². The van der Waals surface area contributed by atoms with E-state index in [1.807, 2.05) is 31.2 Å². The minimum absolute atomic E-state index is 0.115. The standard InChI is InChI=1S/C20H25ClN4O2/c1-15-13-22-25(14-16-7-4-5-8-17(16)21)20(15)23-18(26)10-12-24-11-6-2-3-9-19(24)27/h4-5,7-8,13H,2-3,6,9-12,14H2,1H3,(H,23,26). The summed E-state index contributed by atoms with van der Waals surface area (Å²) in [6.45, 7) is 3.59. The van der Waals surface area contributed by atoms with Gasteiger partial charge < -0.3 is 10.2 Å². The molecular weight excluding hydrogens is 364 g/mol. The van der Waals surface area contributed by atoms with E-state index in [1.165, 1.54) is 0 Å². The number of nitrogens with one attached hydrogen (secondary N) is 1. The molecule has 0 radical (unpaired) electrons. The van der Waals surface area contributed by atoms with E-state index in [2.05, 4.69) is 10.4 Å². The van der Waals surface area contributed by atoms with Gasteiger partial charge >= 0.3 is 0 Å². The van der Waals surface area contributed by atoms with Crippen LogP contribution in [0.25, 0.3) is 0 Å². The van der Waals surface area contributed by atoms with Gasteiger partial charge in [0, 0.05) is 36.5 Å². The second-order valence-corrected chi connectivity index (χ2v) is 7.32. The smallest absolute Gasteiger partial charge is 0.227 e. The summed E-state index contributed by atoms with van der Waals surface area (Å²) in [7, 11) is 0. The fourth-order valence-electron chi connectivity index (χ4n) is 3.26. The van der Waals surface area contributed by atoms with Crippen LogP contribution < -0.4 is 5.32 Å². The molecule has 1 aromatic heterocycles. The second kappa shape index (κ2) is 9.04. The maximum Gasteiger partial charge on any atom is 0.227 e. The Bertz CT molecular complexity index is 818. The Morgan fingerprint density at radius 2 is 2.07 bits per heavy atom. The number of likely N-dealkylation sites (tertiary alicyclic amines) is 1. The summed E-state index contributed by atoms with van der Waals surface area (Å²) >= 11 is 6.24. The van der Waals surface area contributed by atoms with Crippen molar-refractivity contribution in [3.63, 3.8) is 0 Å². The van der Waals surface area contributed by atoms with Gasteiger partial charge in [-0.25, -0.2) is 4.68 Å². The van der Waals surface area contributed by atoms with Crippen LogP contribution in [0.4, 0.5) is 5.82 Å². The third kappa shape index (κ3) is 5.10. The molecule has 27 heavy (non-hydrogen) atoms. The van der Waals surface area contributed by atoms with Gasteiger partial charge in [0.05, 0.1) is 12.7 Å². The van der Waals surface area contributed by atoms with Gasteiger partial charge in [0.2, 0.25) is 11.8 Å². The first-order valence-corrected chi connectivity index (χ1v) is 9.76. The van der Waals surface area contributed by atoms with E-state index < -0.39 is 0 Å². The molecule has 0 atom stereocenters. The molecule has 2 amide bonds. The van der Waals surface area contributed by atoms with Crippen molar-refractivity contribution in [2.24, 2.45) is 0 Å². The van der Waals surface area contributed by atoms with Crippen LogP contribution in [0.5, 0.6) is 0 Å². The molecule has 6 nitrogen and oxygen atoms in total. The van der Waals surface area contributed by atoms with Crippen LogP contribution in [0, 0.1) is 6.92 Å². The molecule has 3 rings (SSSR count). The quantitative estimate of drug-likeness (QED) is 0.821. The largest absolute Gasteiger partial charge is 0.342 e. The number of anilines is 1. The molecule has 7 heteroatoms. The highest BCUT2D eigenvalue weighted by Gasteiger charge is 2.18. The Balaban J connectivity index is 1.61. The molecule has 1 N–H and O–H groups in total. The zero-order valence-corrected chi connectivity index (χ0v) is 16.3. The molecule has 0 spiro atoms. The van der Waals surface area contributed by atoms with Crippen LogP contribution in [-0.4, -0.2) is 39.6 Å². The third-order valence-electron chi connectivity index (χ3n) is 4.84. The fraction of sp³-hybridized carbons (Fsp3) is 0.450. The fourth-order valence-corrected chi connectivity index (χ4v) is 3.45. The van der Waals surface area contributed by atoms with Crippen molar-refractivity contribution in [2.75, 3.05) is 18.4 Å². The van der Waals surface area contributed by atoms with Crippen LogP contribution in [0.2, 0.25) is 5.02 Å². The first-order chi connectivity index (χ1) is 13.0. The van der Waals surface area contributed by atoms with Gasteiger partial charge in [-0.1, -0.05) is 36.2 Å². The zero-order valence-electron chi connectivity index (χ0n) is 15.6. The molecule has 0 unspecified atom stereocenters. The molecule has 2 heterocycles. The number of carbonyl (C=O) groups is 2. The predicted octanol–water partition coefficient (Wildman–Crippen LogP) is 3.62. The molecule has 144 valence electrons. The molecular formula is C20H25ClN4O2. The van der Waals surface area contributed by atoms with Gasteiger partial charge in [0.25, 0.3) is 0 Å². The Morgan fingerprint density at radius 1 is 1.26 bits per heavy atom. The summed E-state index contributed by atoms with van der Waals surface area (Å²) in [4.78, 5) is 26.3. The molecule has 2 aromatic rings. The number of halogens is 1. The topological polar surface area (TPSA) is 67.2 Å². The van der Waals surface area contributed by atoms with E-state index in [1.54, 1.807) is 15.8 Å². The van der Waals surface area contributed by atoms with Gasteiger partial charge in [-0.05, 0) is 31.4 Å². The lowest BCUT2D eigenvalue weighted by Gasteiger charge is -2.20. The van der Waals surface area contributed by atoms with Crippen molar-refractivity contribution in [1.82, 2.24) is 14.7 Å². The zero-order chi connectivity index (χ0) is 19.2. The summed E-state index contributed by atoms with van der Waals surface area (Å²) in [5.41, 5.74) is 1.83. The Morgan fingerprint density at radius 3 is 2.89 bits per heavy atom. The van der Waals surface area contributed by atoms with E-state index >= 15 is 0 Å². The van der Waals surface area contributed by atoms with Gasteiger partial charge in [-0.3, -0.25) is 9.59 Å². The summed E-state index contributed by atoms with van der Waals surface area (Å²) < 4.78 is 1.74. The van der Waals surface area contributed by atoms with Crippen molar-refractivity contribution in [1.29, 1.82) is 0 Å². The summed E-state index contributed by atoms with van der Waals surface area (Å²) in [5.74, 6) is 0.707. The van der Waals surface area contributed by atoms with Gasteiger partial charge in [-0.2, -0.15) is 5.10 Å². The number of nitrogens with zero attached hydrogens (tertiary/aromatic N) is 3. The lowest BCUT2D eigenvalue weighted by molar-refractivity contribution is -0.131. The highest BCUT2D eigenvalue weighted by Crippen LogP contribution is 2.20. The number of amides is 2. The molecule has 0 saturated carbocycles. The number of benzene rings is 1. The Hall–Kier alpha value is -2.34. The number of carbonyl (C=O) groups excluding carboxylic acids is 2. The number of aryl methyl sites for hydroxylation is 1. The normalized spacial score (nSPS) is 14.9. The maximum absolute atomic E-state index is 12.5. The maximum atomic E-state index is 12.5. The molecule has 1 saturated heterocycles. The van der Waals surface area contributed by atoms with Crippen molar-refractivity contribution in [3.05, 3.63) is 46.6 Å². The van der Waals surface area contributed by atoms with Crippen LogP contribution in [-0.2, 0) is 16.1 Å². The summed E-state index contributed by atoms with van der Waals surface area (Å²) in [6.07, 6.45) is 5.63. The molecule has 0 bridgehead atoms. The number of aromatic nitrogens is 2. The van der Waals surface area contributed by atoms with Gasteiger partial charge in [-0.15, -0.1) is 0 Å². The predicted molar refractivity (Wildman–Crippen MR) is 106 cm³/mol. The monoisotopic (exact) mass is 388 g/mol. The van der Waals surface area contributed by atoms with Crippen molar-refractivity contribution < 1.29 is 9.59 Å². The lowest BCUT2D eigenvalue weighted by Crippen LogP contribution is -2.33. The van der Waals surface area contributed by atoms with E-state index in [0.29, 0.717) is 30.4 Å². The molecule has 0 aliphatic carbocycles. The first kappa shape index (κ1) is 19.4. The molecule has 1 fully saturated rings. The Labute approximate surface area is 164 Å².